The highest BCUT2D eigenvalue weighted by molar-refractivity contribution is 9.11. The number of rotatable bonds is 5. The maximum Gasteiger partial charge on any atom is 0.135 e. The van der Waals surface area contributed by atoms with Crippen LogP contribution in [-0.4, -0.2) is 16.5 Å². The van der Waals surface area contributed by atoms with Gasteiger partial charge in [-0.3, -0.25) is 0 Å². The summed E-state index contributed by atoms with van der Waals surface area (Å²) in [6.45, 7) is 7.64. The van der Waals surface area contributed by atoms with Crippen LogP contribution < -0.4 is 10.6 Å². The van der Waals surface area contributed by atoms with Crippen LogP contribution in [0.4, 0.5) is 11.6 Å². The van der Waals surface area contributed by atoms with Crippen molar-refractivity contribution in [3.8, 4) is 0 Å². The van der Waals surface area contributed by atoms with Crippen LogP contribution in [0.25, 0.3) is 0 Å². The van der Waals surface area contributed by atoms with Crippen LogP contribution in [0.3, 0.4) is 0 Å². The molecule has 0 aliphatic rings. The summed E-state index contributed by atoms with van der Waals surface area (Å²) < 4.78 is 1.15. The number of aryl methyl sites for hydroxylation is 1. The van der Waals surface area contributed by atoms with E-state index in [1.807, 2.05) is 13.8 Å². The Morgan fingerprint density at radius 3 is 2.42 bits per heavy atom. The van der Waals surface area contributed by atoms with Crippen molar-refractivity contribution >= 4 is 38.9 Å². The normalized spacial score (nSPS) is 10.5. The van der Waals surface area contributed by atoms with Crippen molar-refractivity contribution in [1.82, 2.24) is 9.97 Å². The molecule has 6 heteroatoms. The average Bonchev–Trinajstić information content (AvgIpc) is 2.78. The van der Waals surface area contributed by atoms with Crippen molar-refractivity contribution in [2.24, 2.45) is 0 Å². The molecule has 102 valence electrons. The van der Waals surface area contributed by atoms with Crippen molar-refractivity contribution in [1.29, 1.82) is 0 Å². The second-order valence-corrected chi connectivity index (χ2v) is 6.73. The summed E-state index contributed by atoms with van der Waals surface area (Å²) in [5, 5.41) is 6.64. The number of nitrogens with zero attached hydrogens (tertiary/aromatic N) is 2. The van der Waals surface area contributed by atoms with Gasteiger partial charge in [-0.1, -0.05) is 0 Å². The summed E-state index contributed by atoms with van der Waals surface area (Å²) in [5.41, 5.74) is 1.06. The van der Waals surface area contributed by atoms with Crippen LogP contribution in [-0.2, 0) is 6.54 Å². The molecule has 2 rings (SSSR count). The molecule has 0 unspecified atom stereocenters. The standard InChI is InChI=1S/C13H17BrN4S/c1-4-15-12-8(2)13(18-9(3)17-12)16-7-10-5-6-11(14)19-10/h5-6H,4,7H2,1-3H3,(H2,15,16,17,18). The molecule has 4 nitrogen and oxygen atoms in total. The zero-order valence-corrected chi connectivity index (χ0v) is 13.7. The largest absolute Gasteiger partial charge is 0.370 e. The summed E-state index contributed by atoms with van der Waals surface area (Å²) >= 11 is 5.20. The van der Waals surface area contributed by atoms with E-state index in [4.69, 9.17) is 0 Å². The van der Waals surface area contributed by atoms with Gasteiger partial charge in [-0.15, -0.1) is 11.3 Å². The topological polar surface area (TPSA) is 49.8 Å². The van der Waals surface area contributed by atoms with Gasteiger partial charge >= 0.3 is 0 Å². The van der Waals surface area contributed by atoms with Crippen LogP contribution in [0.5, 0.6) is 0 Å². The third kappa shape index (κ3) is 3.67. The maximum atomic E-state index is 4.47. The van der Waals surface area contributed by atoms with E-state index in [0.717, 1.165) is 39.9 Å². The van der Waals surface area contributed by atoms with Crippen LogP contribution in [0, 0.1) is 13.8 Å². The molecule has 19 heavy (non-hydrogen) atoms. The molecule has 0 aliphatic carbocycles. The average molecular weight is 341 g/mol. The van der Waals surface area contributed by atoms with Crippen LogP contribution in [0.15, 0.2) is 15.9 Å². The van der Waals surface area contributed by atoms with E-state index in [-0.39, 0.29) is 0 Å². The van der Waals surface area contributed by atoms with Gasteiger partial charge in [0.15, 0.2) is 0 Å². The minimum absolute atomic E-state index is 0.774. The lowest BCUT2D eigenvalue weighted by atomic mass is 10.3. The first-order chi connectivity index (χ1) is 9.10. The molecule has 2 aromatic rings. The smallest absolute Gasteiger partial charge is 0.135 e. The first kappa shape index (κ1) is 14.3. The van der Waals surface area contributed by atoms with E-state index in [2.05, 4.69) is 55.6 Å². The third-order valence-electron chi connectivity index (χ3n) is 2.66. The van der Waals surface area contributed by atoms with E-state index in [9.17, 15) is 0 Å². The first-order valence-corrected chi connectivity index (χ1v) is 7.78. The second-order valence-electron chi connectivity index (χ2n) is 4.18. The molecule has 0 saturated heterocycles. The van der Waals surface area contributed by atoms with Gasteiger partial charge in [0.2, 0.25) is 0 Å². The predicted molar refractivity (Wildman–Crippen MR) is 85.0 cm³/mol. The van der Waals surface area contributed by atoms with Gasteiger partial charge in [-0.05, 0) is 48.8 Å². The Balaban J connectivity index is 2.15. The summed E-state index contributed by atoms with van der Waals surface area (Å²) in [4.78, 5) is 10.2. The maximum absolute atomic E-state index is 4.47. The van der Waals surface area contributed by atoms with Crippen molar-refractivity contribution in [2.75, 3.05) is 17.2 Å². The third-order valence-corrected chi connectivity index (χ3v) is 4.28. The molecular weight excluding hydrogens is 324 g/mol. The molecule has 2 N–H and O–H groups in total. The van der Waals surface area contributed by atoms with Crippen LogP contribution >= 0.6 is 27.3 Å². The fraction of sp³-hybridized carbons (Fsp3) is 0.385. The van der Waals surface area contributed by atoms with Crippen molar-refractivity contribution in [3.63, 3.8) is 0 Å². The minimum atomic E-state index is 0.774. The molecule has 0 fully saturated rings. The van der Waals surface area contributed by atoms with E-state index in [1.54, 1.807) is 11.3 Å². The van der Waals surface area contributed by atoms with E-state index < -0.39 is 0 Å². The van der Waals surface area contributed by atoms with E-state index in [0.29, 0.717) is 0 Å². The van der Waals surface area contributed by atoms with Crippen molar-refractivity contribution in [2.45, 2.75) is 27.3 Å². The Morgan fingerprint density at radius 2 is 1.84 bits per heavy atom. The summed E-state index contributed by atoms with van der Waals surface area (Å²) in [7, 11) is 0. The number of aromatic nitrogens is 2. The number of nitrogens with one attached hydrogen (secondary N) is 2. The van der Waals surface area contributed by atoms with Gasteiger partial charge < -0.3 is 10.6 Å². The fourth-order valence-corrected chi connectivity index (χ4v) is 3.18. The van der Waals surface area contributed by atoms with Gasteiger partial charge in [0.05, 0.1) is 10.3 Å². The number of anilines is 2. The highest BCUT2D eigenvalue weighted by Crippen LogP contribution is 2.24. The Bertz CT molecular complexity index is 568. The van der Waals surface area contributed by atoms with Crippen molar-refractivity contribution < 1.29 is 0 Å². The molecule has 2 aromatic heterocycles. The van der Waals surface area contributed by atoms with Crippen molar-refractivity contribution in [3.05, 3.63) is 32.2 Å². The number of thiophene rings is 1. The monoisotopic (exact) mass is 340 g/mol. The highest BCUT2D eigenvalue weighted by Gasteiger charge is 2.08. The zero-order valence-electron chi connectivity index (χ0n) is 11.2. The van der Waals surface area contributed by atoms with Gasteiger partial charge in [-0.2, -0.15) is 0 Å². The molecule has 0 amide bonds. The molecule has 0 spiro atoms. The lowest BCUT2D eigenvalue weighted by molar-refractivity contribution is 0.997. The summed E-state index contributed by atoms with van der Waals surface area (Å²) in [5.74, 6) is 2.58. The number of hydrogen-bond acceptors (Lipinski definition) is 5. The van der Waals surface area contributed by atoms with E-state index in [1.165, 1.54) is 4.88 Å². The lowest BCUT2D eigenvalue weighted by Gasteiger charge is -2.13. The Morgan fingerprint density at radius 1 is 1.16 bits per heavy atom. The Hall–Kier alpha value is -1.14. The molecule has 0 saturated carbocycles. The summed E-state index contributed by atoms with van der Waals surface area (Å²) in [6, 6.07) is 4.17. The molecular formula is C13H17BrN4S. The fourth-order valence-electron chi connectivity index (χ4n) is 1.76. The van der Waals surface area contributed by atoms with E-state index >= 15 is 0 Å². The van der Waals surface area contributed by atoms with Crippen LogP contribution in [0.1, 0.15) is 23.2 Å². The quantitative estimate of drug-likeness (QED) is 0.864. The SMILES string of the molecule is CCNc1nc(C)nc(NCc2ccc(Br)s2)c1C. The molecule has 0 aliphatic heterocycles. The molecule has 0 radical (unpaired) electrons. The van der Waals surface area contributed by atoms with Gasteiger partial charge in [0, 0.05) is 17.0 Å². The number of hydrogen-bond donors (Lipinski definition) is 2. The van der Waals surface area contributed by atoms with Crippen LogP contribution in [0.2, 0.25) is 0 Å². The Labute approximate surface area is 125 Å². The summed E-state index contributed by atoms with van der Waals surface area (Å²) in [6.07, 6.45) is 0. The molecule has 2 heterocycles. The highest BCUT2D eigenvalue weighted by atomic mass is 79.9. The second kappa shape index (κ2) is 6.34. The predicted octanol–water partition coefficient (Wildman–Crippen LogP) is 3.96. The Kier molecular flexibility index (Phi) is 4.76. The molecule has 0 atom stereocenters. The zero-order chi connectivity index (χ0) is 13.8. The molecule has 0 bridgehead atoms. The number of halogens is 1. The first-order valence-electron chi connectivity index (χ1n) is 6.17. The van der Waals surface area contributed by atoms with Gasteiger partial charge in [0.25, 0.3) is 0 Å². The minimum Gasteiger partial charge on any atom is -0.370 e. The van der Waals surface area contributed by atoms with Gasteiger partial charge in [0.1, 0.15) is 17.5 Å². The molecule has 0 aromatic carbocycles. The van der Waals surface area contributed by atoms with Gasteiger partial charge in [-0.25, -0.2) is 9.97 Å². The lowest BCUT2D eigenvalue weighted by Crippen LogP contribution is -2.09.